The summed E-state index contributed by atoms with van der Waals surface area (Å²) in [6.45, 7) is -1.46. The van der Waals surface area contributed by atoms with Gasteiger partial charge in [0.1, 0.15) is 42.9 Å². The summed E-state index contributed by atoms with van der Waals surface area (Å²) in [6, 6.07) is -2.69. The van der Waals surface area contributed by atoms with Crippen LogP contribution in [0.3, 0.4) is 0 Å². The van der Waals surface area contributed by atoms with Crippen molar-refractivity contribution in [1.82, 2.24) is 0 Å². The van der Waals surface area contributed by atoms with Crippen molar-refractivity contribution in [1.29, 1.82) is 0 Å². The maximum absolute atomic E-state index is 10.7. The molecule has 1 fully saturated rings. The summed E-state index contributed by atoms with van der Waals surface area (Å²) in [5, 5.41) is 57.3. The van der Waals surface area contributed by atoms with Gasteiger partial charge in [-0.3, -0.25) is 0 Å². The second-order valence-electron chi connectivity index (χ2n) is 5.34. The van der Waals surface area contributed by atoms with Crippen molar-refractivity contribution in [2.45, 2.75) is 55.0 Å². The molecule has 11 nitrogen and oxygen atoms in total. The van der Waals surface area contributed by atoms with Crippen molar-refractivity contribution in [3.8, 4) is 0 Å². The van der Waals surface area contributed by atoms with E-state index in [4.69, 9.17) is 31.2 Å². The van der Waals surface area contributed by atoms with E-state index in [2.05, 4.69) is 0 Å². The summed E-state index contributed by atoms with van der Waals surface area (Å²) in [6.07, 6.45) is -10.3. The van der Waals surface area contributed by atoms with Crippen LogP contribution in [0.1, 0.15) is 0 Å². The minimum absolute atomic E-state index is 0. The molecule has 0 aromatic carbocycles. The molecule has 0 saturated carbocycles. The Hall–Kier alpha value is -0.150. The lowest BCUT2D eigenvalue weighted by Crippen LogP contribution is -2.64. The quantitative estimate of drug-likeness (QED) is 0.177. The molecule has 0 aliphatic carbocycles. The molecule has 25 heavy (non-hydrogen) atoms. The number of halogens is 2. The lowest BCUT2D eigenvalue weighted by Gasteiger charge is -2.42. The monoisotopic (exact) mass is 412 g/mol. The Morgan fingerprint density at radius 1 is 1.16 bits per heavy atom. The first-order chi connectivity index (χ1) is 10.8. The van der Waals surface area contributed by atoms with Crippen LogP contribution in [0, 0.1) is 0 Å². The molecule has 0 aromatic heterocycles. The second-order valence-corrected chi connectivity index (χ2v) is 5.34. The fourth-order valence-corrected chi connectivity index (χ4v) is 2.18. The lowest BCUT2D eigenvalue weighted by atomic mass is 9.97. The molecule has 1 heterocycles. The van der Waals surface area contributed by atoms with Crippen molar-refractivity contribution in [2.75, 3.05) is 13.2 Å². The molecular formula is C12H26Cl2N2O9. The highest BCUT2D eigenvalue weighted by atomic mass is 35.5. The first-order valence-electron chi connectivity index (χ1n) is 6.99. The molecule has 1 aliphatic rings. The van der Waals surface area contributed by atoms with Crippen LogP contribution in [-0.4, -0.2) is 105 Å². The van der Waals surface area contributed by atoms with Crippen LogP contribution >= 0.6 is 24.8 Å². The highest BCUT2D eigenvalue weighted by Gasteiger charge is 2.45. The molecule has 0 aromatic rings. The molecule has 9 unspecified atom stereocenters. The highest BCUT2D eigenvalue weighted by molar-refractivity contribution is 5.85. The van der Waals surface area contributed by atoms with Crippen LogP contribution in [0.15, 0.2) is 0 Å². The molecule has 10 N–H and O–H groups in total. The van der Waals surface area contributed by atoms with E-state index < -0.39 is 68.2 Å². The average Bonchev–Trinajstić information content (AvgIpc) is 2.57. The van der Waals surface area contributed by atoms with E-state index in [0.29, 0.717) is 0 Å². The average molecular weight is 413 g/mol. The van der Waals surface area contributed by atoms with Crippen LogP contribution < -0.4 is 11.5 Å². The summed E-state index contributed by atoms with van der Waals surface area (Å²) >= 11 is 0. The number of nitrogens with two attached hydrogens (primary N) is 2. The number of aldehydes is 1. The summed E-state index contributed by atoms with van der Waals surface area (Å²) < 4.78 is 10.4. The van der Waals surface area contributed by atoms with E-state index in [1.54, 1.807) is 0 Å². The number of carbonyl (C=O) groups is 1. The number of hydrogen-bond acceptors (Lipinski definition) is 11. The minimum atomic E-state index is -1.69. The fraction of sp³-hybridized carbons (Fsp3) is 0.917. The van der Waals surface area contributed by atoms with Gasteiger partial charge >= 0.3 is 0 Å². The molecule has 1 aliphatic heterocycles. The third-order valence-corrected chi connectivity index (χ3v) is 3.67. The molecule has 0 amide bonds. The fourth-order valence-electron chi connectivity index (χ4n) is 2.18. The molecule has 1 saturated heterocycles. The lowest BCUT2D eigenvalue weighted by molar-refractivity contribution is -0.295. The zero-order chi connectivity index (χ0) is 17.7. The Labute approximate surface area is 156 Å². The van der Waals surface area contributed by atoms with E-state index in [-0.39, 0.29) is 31.1 Å². The molecule has 0 radical (unpaired) electrons. The van der Waals surface area contributed by atoms with Gasteiger partial charge in [0.05, 0.1) is 25.3 Å². The SMILES string of the molecule is Cl.Cl.NC(C=O)C(O)C(OC1OC(CO)C(O)C(O)C1N)C(O)CO. The summed E-state index contributed by atoms with van der Waals surface area (Å²) in [5.74, 6) is 0. The predicted molar refractivity (Wildman–Crippen MR) is 88.2 cm³/mol. The molecule has 1 rings (SSSR count). The first kappa shape index (κ1) is 27.1. The van der Waals surface area contributed by atoms with E-state index in [9.17, 15) is 25.2 Å². The number of aliphatic hydroxyl groups is 6. The highest BCUT2D eigenvalue weighted by Crippen LogP contribution is 2.23. The van der Waals surface area contributed by atoms with Crippen LogP contribution in [0.4, 0.5) is 0 Å². The smallest absolute Gasteiger partial charge is 0.176 e. The minimum Gasteiger partial charge on any atom is -0.394 e. The number of hydrogen-bond donors (Lipinski definition) is 8. The van der Waals surface area contributed by atoms with E-state index in [1.165, 1.54) is 0 Å². The molecule has 9 atom stereocenters. The predicted octanol–water partition coefficient (Wildman–Crippen LogP) is -4.78. The zero-order valence-corrected chi connectivity index (χ0v) is 14.7. The van der Waals surface area contributed by atoms with Crippen LogP contribution in [0.25, 0.3) is 0 Å². The maximum Gasteiger partial charge on any atom is 0.176 e. The number of aliphatic hydroxyl groups excluding tert-OH is 6. The van der Waals surface area contributed by atoms with Crippen LogP contribution in [0.2, 0.25) is 0 Å². The normalized spacial score (nSPS) is 34.0. The summed E-state index contributed by atoms with van der Waals surface area (Å²) in [7, 11) is 0. The second kappa shape index (κ2) is 12.3. The van der Waals surface area contributed by atoms with Gasteiger partial charge in [-0.2, -0.15) is 0 Å². The Kier molecular flexibility index (Phi) is 13.3. The number of rotatable bonds is 8. The first-order valence-corrected chi connectivity index (χ1v) is 6.99. The van der Waals surface area contributed by atoms with Crippen molar-refractivity contribution in [3.05, 3.63) is 0 Å². The van der Waals surface area contributed by atoms with Gasteiger partial charge in [0, 0.05) is 0 Å². The standard InChI is InChI=1S/C12H24N2O9.2ClH/c13-4(1-15)8(19)11(5(18)2-16)23-12-7(14)10(21)9(20)6(3-17)22-12;;/h1,4-12,16-21H,2-3,13-14H2;2*1H. The van der Waals surface area contributed by atoms with Gasteiger partial charge < -0.3 is 56.4 Å². The van der Waals surface area contributed by atoms with E-state index in [1.807, 2.05) is 0 Å². The van der Waals surface area contributed by atoms with E-state index >= 15 is 0 Å². The molecule has 0 bridgehead atoms. The Balaban J connectivity index is 0. The van der Waals surface area contributed by atoms with Gasteiger partial charge in [-0.05, 0) is 0 Å². The maximum atomic E-state index is 10.7. The van der Waals surface area contributed by atoms with Gasteiger partial charge in [-0.15, -0.1) is 24.8 Å². The van der Waals surface area contributed by atoms with Gasteiger partial charge in [-0.1, -0.05) is 0 Å². The Bertz CT molecular complexity index is 382. The van der Waals surface area contributed by atoms with Gasteiger partial charge in [0.25, 0.3) is 0 Å². The summed E-state index contributed by atoms with van der Waals surface area (Å²) in [5.41, 5.74) is 11.0. The van der Waals surface area contributed by atoms with Gasteiger partial charge in [0.2, 0.25) is 0 Å². The van der Waals surface area contributed by atoms with E-state index in [0.717, 1.165) is 0 Å². The number of ether oxygens (including phenoxy) is 2. The summed E-state index contributed by atoms with van der Waals surface area (Å²) in [4.78, 5) is 10.7. The Morgan fingerprint density at radius 3 is 2.16 bits per heavy atom. The molecule has 0 spiro atoms. The topological polar surface area (TPSA) is 209 Å². The third-order valence-electron chi connectivity index (χ3n) is 3.67. The molecule has 13 heteroatoms. The zero-order valence-electron chi connectivity index (χ0n) is 13.1. The van der Waals surface area contributed by atoms with Crippen molar-refractivity contribution >= 4 is 31.1 Å². The third kappa shape index (κ3) is 6.50. The Morgan fingerprint density at radius 2 is 1.72 bits per heavy atom. The van der Waals surface area contributed by atoms with Crippen LogP contribution in [-0.2, 0) is 14.3 Å². The van der Waals surface area contributed by atoms with Crippen molar-refractivity contribution in [3.63, 3.8) is 0 Å². The van der Waals surface area contributed by atoms with Gasteiger partial charge in [-0.25, -0.2) is 0 Å². The number of carbonyl (C=O) groups excluding carboxylic acids is 1. The van der Waals surface area contributed by atoms with Crippen LogP contribution in [0.5, 0.6) is 0 Å². The van der Waals surface area contributed by atoms with Gasteiger partial charge in [0.15, 0.2) is 6.29 Å². The largest absolute Gasteiger partial charge is 0.394 e. The van der Waals surface area contributed by atoms with Crippen molar-refractivity contribution < 1.29 is 44.9 Å². The van der Waals surface area contributed by atoms with Crippen molar-refractivity contribution in [2.24, 2.45) is 11.5 Å². The molecule has 152 valence electrons. The molecular weight excluding hydrogens is 387 g/mol.